The van der Waals surface area contributed by atoms with Crippen LogP contribution in [0.15, 0.2) is 83.3 Å². The SMILES string of the molecule is CCOc1cc(CNc2ccc(-c3nc4ccc(C)cc4s3)cc2)c(Br)cc1OCc1ccc(Cl)cc1. The van der Waals surface area contributed by atoms with E-state index < -0.39 is 0 Å². The van der Waals surface area contributed by atoms with E-state index in [-0.39, 0.29) is 0 Å². The van der Waals surface area contributed by atoms with Crippen molar-refractivity contribution < 1.29 is 9.47 Å². The highest BCUT2D eigenvalue weighted by Crippen LogP contribution is 2.35. The second-order valence-corrected chi connectivity index (χ2v) is 11.0. The Balaban J connectivity index is 1.26. The number of thiazole rings is 1. The van der Waals surface area contributed by atoms with Gasteiger partial charge in [0.1, 0.15) is 11.6 Å². The topological polar surface area (TPSA) is 43.4 Å². The molecule has 0 saturated carbocycles. The monoisotopic (exact) mass is 592 g/mol. The van der Waals surface area contributed by atoms with Crippen molar-refractivity contribution in [1.29, 1.82) is 0 Å². The fourth-order valence-electron chi connectivity index (χ4n) is 3.92. The molecule has 1 aromatic heterocycles. The Hall–Kier alpha value is -3.06. The molecule has 0 aliphatic rings. The molecule has 5 rings (SSSR count). The van der Waals surface area contributed by atoms with Gasteiger partial charge < -0.3 is 14.8 Å². The predicted molar refractivity (Wildman–Crippen MR) is 158 cm³/mol. The number of aryl methyl sites for hydroxylation is 1. The Bertz CT molecular complexity index is 1520. The van der Waals surface area contributed by atoms with Crippen molar-refractivity contribution in [3.05, 3.63) is 105 Å². The summed E-state index contributed by atoms with van der Waals surface area (Å²) >= 11 is 11.4. The average Bonchev–Trinajstić information content (AvgIpc) is 3.32. The molecule has 4 aromatic carbocycles. The number of nitrogens with one attached hydrogen (secondary N) is 1. The number of ether oxygens (including phenoxy) is 2. The van der Waals surface area contributed by atoms with Gasteiger partial charge in [-0.25, -0.2) is 4.98 Å². The van der Waals surface area contributed by atoms with Crippen LogP contribution >= 0.6 is 38.9 Å². The van der Waals surface area contributed by atoms with E-state index in [9.17, 15) is 0 Å². The van der Waals surface area contributed by atoms with Gasteiger partial charge in [0.25, 0.3) is 0 Å². The van der Waals surface area contributed by atoms with Gasteiger partial charge in [0.05, 0.1) is 16.8 Å². The van der Waals surface area contributed by atoms with Crippen LogP contribution in [0.3, 0.4) is 0 Å². The lowest BCUT2D eigenvalue weighted by Gasteiger charge is -2.16. The van der Waals surface area contributed by atoms with E-state index in [1.54, 1.807) is 11.3 Å². The maximum Gasteiger partial charge on any atom is 0.162 e. The molecule has 0 saturated heterocycles. The number of anilines is 1. The van der Waals surface area contributed by atoms with Crippen LogP contribution in [0.25, 0.3) is 20.8 Å². The van der Waals surface area contributed by atoms with E-state index in [0.29, 0.717) is 30.5 Å². The minimum atomic E-state index is 0.432. The van der Waals surface area contributed by atoms with Gasteiger partial charge in [-0.3, -0.25) is 0 Å². The third-order valence-electron chi connectivity index (χ3n) is 5.88. The van der Waals surface area contributed by atoms with Crippen LogP contribution in [0.4, 0.5) is 5.69 Å². The Kier molecular flexibility index (Phi) is 7.99. The first-order valence-corrected chi connectivity index (χ1v) is 14.0. The highest BCUT2D eigenvalue weighted by Gasteiger charge is 2.12. The summed E-state index contributed by atoms with van der Waals surface area (Å²) in [5, 5.41) is 5.25. The predicted octanol–water partition coefficient (Wildman–Crippen LogP) is 9.28. The first kappa shape index (κ1) is 25.6. The summed E-state index contributed by atoms with van der Waals surface area (Å²) in [6, 6.07) is 26.4. The highest BCUT2D eigenvalue weighted by atomic mass is 79.9. The lowest BCUT2D eigenvalue weighted by Crippen LogP contribution is -2.04. The van der Waals surface area contributed by atoms with Crippen LogP contribution in [0.5, 0.6) is 11.5 Å². The largest absolute Gasteiger partial charge is 0.490 e. The number of hydrogen-bond donors (Lipinski definition) is 1. The number of rotatable bonds is 9. The molecule has 0 amide bonds. The van der Waals surface area contributed by atoms with Crippen molar-refractivity contribution in [3.63, 3.8) is 0 Å². The third-order valence-corrected chi connectivity index (χ3v) is 7.94. The Morgan fingerprint density at radius 1 is 0.919 bits per heavy atom. The summed E-state index contributed by atoms with van der Waals surface area (Å²) in [5.74, 6) is 1.42. The van der Waals surface area contributed by atoms with Crippen molar-refractivity contribution in [2.75, 3.05) is 11.9 Å². The van der Waals surface area contributed by atoms with Gasteiger partial charge in [0, 0.05) is 27.3 Å². The minimum absolute atomic E-state index is 0.432. The number of hydrogen-bond acceptors (Lipinski definition) is 5. The molecule has 0 fully saturated rings. The van der Waals surface area contributed by atoms with E-state index in [2.05, 4.69) is 70.6 Å². The molecule has 0 spiro atoms. The van der Waals surface area contributed by atoms with Gasteiger partial charge in [-0.05, 0) is 91.2 Å². The van der Waals surface area contributed by atoms with E-state index in [1.807, 2.05) is 43.3 Å². The van der Waals surface area contributed by atoms with Crippen molar-refractivity contribution in [3.8, 4) is 22.1 Å². The molecule has 5 aromatic rings. The zero-order valence-electron chi connectivity index (χ0n) is 20.6. The molecule has 0 aliphatic carbocycles. The van der Waals surface area contributed by atoms with Gasteiger partial charge in [-0.15, -0.1) is 11.3 Å². The molecule has 0 radical (unpaired) electrons. The van der Waals surface area contributed by atoms with Gasteiger partial charge in [0.2, 0.25) is 0 Å². The lowest BCUT2D eigenvalue weighted by molar-refractivity contribution is 0.269. The fourth-order valence-corrected chi connectivity index (χ4v) is 5.58. The zero-order chi connectivity index (χ0) is 25.8. The normalized spacial score (nSPS) is 11.0. The van der Waals surface area contributed by atoms with E-state index in [4.69, 9.17) is 26.1 Å². The first-order valence-electron chi connectivity index (χ1n) is 12.0. The second-order valence-electron chi connectivity index (χ2n) is 8.66. The Labute approximate surface area is 234 Å². The van der Waals surface area contributed by atoms with Crippen molar-refractivity contribution in [2.45, 2.75) is 27.0 Å². The summed E-state index contributed by atoms with van der Waals surface area (Å²) in [6.07, 6.45) is 0. The minimum Gasteiger partial charge on any atom is -0.490 e. The van der Waals surface area contributed by atoms with Crippen molar-refractivity contribution in [1.82, 2.24) is 4.98 Å². The number of nitrogens with zero attached hydrogens (tertiary/aromatic N) is 1. The molecular formula is C30H26BrClN2O2S. The smallest absolute Gasteiger partial charge is 0.162 e. The standard InChI is InChI=1S/C30H26BrClN2O2S/c1-3-35-27-15-22(25(31)16-28(27)36-18-20-5-9-23(32)10-6-20)17-33-24-11-7-21(8-12-24)30-34-26-13-4-19(2)14-29(26)37-30/h4-16,33H,3,17-18H2,1-2H3. The van der Waals surface area contributed by atoms with E-state index in [0.717, 1.165) is 43.1 Å². The van der Waals surface area contributed by atoms with Gasteiger partial charge in [-0.1, -0.05) is 45.7 Å². The molecule has 0 bridgehead atoms. The van der Waals surface area contributed by atoms with Crippen LogP contribution < -0.4 is 14.8 Å². The summed E-state index contributed by atoms with van der Waals surface area (Å²) in [7, 11) is 0. The average molecular weight is 594 g/mol. The molecule has 0 atom stereocenters. The molecule has 188 valence electrons. The number of halogens is 2. The van der Waals surface area contributed by atoms with Crippen LogP contribution in [0.2, 0.25) is 5.02 Å². The lowest BCUT2D eigenvalue weighted by atomic mass is 10.1. The van der Waals surface area contributed by atoms with Crippen LogP contribution in [0, 0.1) is 6.92 Å². The molecule has 0 aliphatic heterocycles. The summed E-state index contributed by atoms with van der Waals surface area (Å²) < 4.78 is 14.1. The fraction of sp³-hybridized carbons (Fsp3) is 0.167. The molecule has 7 heteroatoms. The van der Waals surface area contributed by atoms with Crippen LogP contribution in [-0.4, -0.2) is 11.6 Å². The van der Waals surface area contributed by atoms with Crippen molar-refractivity contribution >= 4 is 54.8 Å². The maximum absolute atomic E-state index is 6.07. The Morgan fingerprint density at radius 3 is 2.43 bits per heavy atom. The van der Waals surface area contributed by atoms with Gasteiger partial charge in [0.15, 0.2) is 11.5 Å². The maximum atomic E-state index is 6.07. The van der Waals surface area contributed by atoms with Crippen LogP contribution in [0.1, 0.15) is 23.6 Å². The number of fused-ring (bicyclic) bond motifs is 1. The third kappa shape index (κ3) is 6.27. The van der Waals surface area contributed by atoms with Gasteiger partial charge in [-0.2, -0.15) is 0 Å². The summed E-state index contributed by atoms with van der Waals surface area (Å²) in [5.41, 5.74) is 6.57. The Morgan fingerprint density at radius 2 is 1.68 bits per heavy atom. The van der Waals surface area contributed by atoms with Crippen LogP contribution in [-0.2, 0) is 13.2 Å². The number of benzene rings is 4. The molecular weight excluding hydrogens is 568 g/mol. The molecule has 0 unspecified atom stereocenters. The summed E-state index contributed by atoms with van der Waals surface area (Å²) in [6.45, 7) is 5.70. The number of aromatic nitrogens is 1. The van der Waals surface area contributed by atoms with Crippen molar-refractivity contribution in [2.24, 2.45) is 0 Å². The molecule has 1 N–H and O–H groups in total. The zero-order valence-corrected chi connectivity index (χ0v) is 23.7. The van der Waals surface area contributed by atoms with Gasteiger partial charge >= 0.3 is 0 Å². The molecule has 4 nitrogen and oxygen atoms in total. The first-order chi connectivity index (χ1) is 18.0. The molecule has 1 heterocycles. The molecule has 37 heavy (non-hydrogen) atoms. The van der Waals surface area contributed by atoms with E-state index >= 15 is 0 Å². The highest BCUT2D eigenvalue weighted by molar-refractivity contribution is 9.10. The second kappa shape index (κ2) is 11.5. The van der Waals surface area contributed by atoms with E-state index in [1.165, 1.54) is 10.3 Å². The summed E-state index contributed by atoms with van der Waals surface area (Å²) in [4.78, 5) is 4.79. The quantitative estimate of drug-likeness (QED) is 0.185.